The number of hydrogen-bond acceptors (Lipinski definition) is 4. The van der Waals surface area contributed by atoms with Gasteiger partial charge in [0.05, 0.1) is 0 Å². The number of benzene rings is 2. The van der Waals surface area contributed by atoms with Crippen molar-refractivity contribution < 1.29 is 0 Å². The van der Waals surface area contributed by atoms with Gasteiger partial charge in [0.1, 0.15) is 5.82 Å². The van der Waals surface area contributed by atoms with Crippen LogP contribution in [0, 0.1) is 20.8 Å². The van der Waals surface area contributed by atoms with Gasteiger partial charge in [-0.15, -0.1) is 0 Å². The first kappa shape index (κ1) is 15.0. The highest BCUT2D eigenvalue weighted by atomic mass is 15.1. The zero-order chi connectivity index (χ0) is 16.2. The summed E-state index contributed by atoms with van der Waals surface area (Å²) in [5, 5.41) is 6.67. The summed E-state index contributed by atoms with van der Waals surface area (Å²) >= 11 is 0. The second kappa shape index (κ2) is 6.48. The lowest BCUT2D eigenvalue weighted by molar-refractivity contribution is 1.13. The van der Waals surface area contributed by atoms with Crippen LogP contribution in [0.3, 0.4) is 0 Å². The quantitative estimate of drug-likeness (QED) is 0.720. The maximum atomic E-state index is 4.61. The third-order valence-electron chi connectivity index (χ3n) is 3.76. The first-order valence-corrected chi connectivity index (χ1v) is 7.62. The smallest absolute Gasteiger partial charge is 0.229 e. The van der Waals surface area contributed by atoms with Crippen LogP contribution < -0.4 is 10.6 Å². The molecule has 0 aliphatic rings. The van der Waals surface area contributed by atoms with Crippen LogP contribution in [0.4, 0.5) is 23.1 Å². The molecule has 3 rings (SSSR count). The summed E-state index contributed by atoms with van der Waals surface area (Å²) in [6.45, 7) is 6.13. The molecule has 0 aliphatic heterocycles. The summed E-state index contributed by atoms with van der Waals surface area (Å²) < 4.78 is 0. The molecule has 0 atom stereocenters. The number of para-hydroxylation sites is 2. The van der Waals surface area contributed by atoms with E-state index < -0.39 is 0 Å². The maximum absolute atomic E-state index is 4.61. The lowest BCUT2D eigenvalue weighted by Crippen LogP contribution is -2.04. The molecule has 0 spiro atoms. The monoisotopic (exact) mass is 304 g/mol. The average Bonchev–Trinajstić information content (AvgIpc) is 2.55. The van der Waals surface area contributed by atoms with E-state index in [-0.39, 0.29) is 0 Å². The van der Waals surface area contributed by atoms with Crippen molar-refractivity contribution >= 4 is 23.1 Å². The fourth-order valence-corrected chi connectivity index (χ4v) is 2.30. The highest BCUT2D eigenvalue weighted by Gasteiger charge is 2.07. The van der Waals surface area contributed by atoms with E-state index in [2.05, 4.69) is 46.6 Å². The molecule has 0 amide bonds. The molecule has 4 nitrogen and oxygen atoms in total. The Hall–Kier alpha value is -2.88. The average molecular weight is 304 g/mol. The number of aromatic nitrogens is 2. The molecule has 0 radical (unpaired) electrons. The molecular weight excluding hydrogens is 284 g/mol. The predicted octanol–water partition coefficient (Wildman–Crippen LogP) is 4.89. The van der Waals surface area contributed by atoms with Crippen LogP contribution in [-0.4, -0.2) is 9.97 Å². The minimum atomic E-state index is 0.584. The summed E-state index contributed by atoms with van der Waals surface area (Å²) in [4.78, 5) is 8.99. The summed E-state index contributed by atoms with van der Waals surface area (Å²) in [6, 6.07) is 16.3. The molecular formula is C19H20N4. The lowest BCUT2D eigenvalue weighted by atomic mass is 10.2. The molecule has 2 N–H and O–H groups in total. The van der Waals surface area contributed by atoms with E-state index in [1.54, 1.807) is 0 Å². The third-order valence-corrected chi connectivity index (χ3v) is 3.76. The van der Waals surface area contributed by atoms with Crippen LogP contribution in [0.2, 0.25) is 0 Å². The Bertz CT molecular complexity index is 827. The first-order chi connectivity index (χ1) is 11.1. The fraction of sp³-hybridized carbons (Fsp3) is 0.158. The Kier molecular flexibility index (Phi) is 4.24. The van der Waals surface area contributed by atoms with Gasteiger partial charge in [0.2, 0.25) is 5.95 Å². The van der Waals surface area contributed by atoms with Crippen molar-refractivity contribution in [2.24, 2.45) is 0 Å². The molecule has 0 saturated heterocycles. The van der Waals surface area contributed by atoms with Gasteiger partial charge in [0.15, 0.2) is 0 Å². The van der Waals surface area contributed by atoms with Gasteiger partial charge in [-0.3, -0.25) is 0 Å². The van der Waals surface area contributed by atoms with Gasteiger partial charge in [-0.25, -0.2) is 4.98 Å². The van der Waals surface area contributed by atoms with E-state index in [0.29, 0.717) is 5.95 Å². The highest BCUT2D eigenvalue weighted by Crippen LogP contribution is 2.23. The molecule has 0 aliphatic carbocycles. The Morgan fingerprint density at radius 2 is 1.26 bits per heavy atom. The van der Waals surface area contributed by atoms with Gasteiger partial charge in [0, 0.05) is 23.1 Å². The van der Waals surface area contributed by atoms with Crippen LogP contribution in [-0.2, 0) is 0 Å². The Balaban J connectivity index is 1.88. The van der Waals surface area contributed by atoms with E-state index in [0.717, 1.165) is 28.3 Å². The van der Waals surface area contributed by atoms with Crippen molar-refractivity contribution in [1.82, 2.24) is 9.97 Å². The number of nitrogens with zero attached hydrogens (tertiary/aromatic N) is 2. The molecule has 23 heavy (non-hydrogen) atoms. The van der Waals surface area contributed by atoms with Gasteiger partial charge >= 0.3 is 0 Å². The first-order valence-electron chi connectivity index (χ1n) is 7.62. The molecule has 1 aromatic heterocycles. The van der Waals surface area contributed by atoms with E-state index >= 15 is 0 Å². The summed E-state index contributed by atoms with van der Waals surface area (Å²) in [5.41, 5.74) is 5.40. The van der Waals surface area contributed by atoms with Crippen molar-refractivity contribution in [2.75, 3.05) is 10.6 Å². The summed E-state index contributed by atoms with van der Waals surface area (Å²) in [6.07, 6.45) is 1.83. The Morgan fingerprint density at radius 3 is 1.87 bits per heavy atom. The fourth-order valence-electron chi connectivity index (χ4n) is 2.30. The third kappa shape index (κ3) is 3.48. The standard InChI is InChI=1S/C19H20N4/c1-13-8-4-6-10-16(13)21-18-15(3)12-20-19(23-18)22-17-11-7-5-9-14(17)2/h4-12H,1-3H3,(H2,20,21,22,23). The van der Waals surface area contributed by atoms with E-state index in [1.165, 1.54) is 5.56 Å². The normalized spacial score (nSPS) is 10.4. The lowest BCUT2D eigenvalue weighted by Gasteiger charge is -2.13. The molecule has 0 fully saturated rings. The van der Waals surface area contributed by atoms with E-state index in [9.17, 15) is 0 Å². The SMILES string of the molecule is Cc1ccccc1Nc1ncc(C)c(Nc2ccccc2C)n1. The van der Waals surface area contributed by atoms with Crippen molar-refractivity contribution in [3.8, 4) is 0 Å². The molecule has 1 heterocycles. The zero-order valence-electron chi connectivity index (χ0n) is 13.6. The molecule has 2 aromatic carbocycles. The van der Waals surface area contributed by atoms with Crippen LogP contribution in [0.5, 0.6) is 0 Å². The largest absolute Gasteiger partial charge is 0.340 e. The van der Waals surface area contributed by atoms with Gasteiger partial charge in [-0.2, -0.15) is 4.98 Å². The van der Waals surface area contributed by atoms with Crippen LogP contribution in [0.25, 0.3) is 0 Å². The van der Waals surface area contributed by atoms with Gasteiger partial charge in [-0.05, 0) is 44.0 Å². The van der Waals surface area contributed by atoms with Gasteiger partial charge in [-0.1, -0.05) is 36.4 Å². The minimum absolute atomic E-state index is 0.584. The number of nitrogens with one attached hydrogen (secondary N) is 2. The molecule has 0 saturated carbocycles. The van der Waals surface area contributed by atoms with Gasteiger partial charge < -0.3 is 10.6 Å². The van der Waals surface area contributed by atoms with E-state index in [4.69, 9.17) is 0 Å². The zero-order valence-corrected chi connectivity index (χ0v) is 13.6. The second-order valence-corrected chi connectivity index (χ2v) is 5.61. The van der Waals surface area contributed by atoms with Crippen LogP contribution >= 0.6 is 0 Å². The van der Waals surface area contributed by atoms with Crippen molar-refractivity contribution in [2.45, 2.75) is 20.8 Å². The number of anilines is 4. The number of rotatable bonds is 4. The summed E-state index contributed by atoms with van der Waals surface area (Å²) in [7, 11) is 0. The van der Waals surface area contributed by atoms with Crippen molar-refractivity contribution in [3.63, 3.8) is 0 Å². The van der Waals surface area contributed by atoms with Crippen molar-refractivity contribution in [1.29, 1.82) is 0 Å². The van der Waals surface area contributed by atoms with Gasteiger partial charge in [0.25, 0.3) is 0 Å². The Morgan fingerprint density at radius 1 is 0.696 bits per heavy atom. The molecule has 3 aromatic rings. The van der Waals surface area contributed by atoms with Crippen molar-refractivity contribution in [3.05, 3.63) is 71.4 Å². The van der Waals surface area contributed by atoms with Crippen LogP contribution in [0.1, 0.15) is 16.7 Å². The topological polar surface area (TPSA) is 49.8 Å². The molecule has 116 valence electrons. The maximum Gasteiger partial charge on any atom is 0.229 e. The molecule has 0 unspecified atom stereocenters. The summed E-state index contributed by atoms with van der Waals surface area (Å²) in [5.74, 6) is 1.39. The highest BCUT2D eigenvalue weighted by molar-refractivity contribution is 5.65. The Labute approximate surface area is 136 Å². The van der Waals surface area contributed by atoms with Crippen LogP contribution in [0.15, 0.2) is 54.7 Å². The predicted molar refractivity (Wildman–Crippen MR) is 95.7 cm³/mol. The number of hydrogen-bond donors (Lipinski definition) is 2. The minimum Gasteiger partial charge on any atom is -0.340 e. The molecule has 4 heteroatoms. The van der Waals surface area contributed by atoms with E-state index in [1.807, 2.05) is 49.5 Å². The second-order valence-electron chi connectivity index (χ2n) is 5.61. The number of aryl methyl sites for hydroxylation is 3. The molecule has 0 bridgehead atoms.